The Morgan fingerprint density at radius 3 is 2.54 bits per heavy atom. The summed E-state index contributed by atoms with van der Waals surface area (Å²) in [7, 11) is 0. The number of carbonyl (C=O) groups is 1. The molecule has 8 nitrogen and oxygen atoms in total. The number of rotatable bonds is 5. The molecule has 0 amide bonds. The number of anilines is 1. The Kier molecular flexibility index (Phi) is 4.84. The highest BCUT2D eigenvalue weighted by Crippen LogP contribution is 2.40. The van der Waals surface area contributed by atoms with Gasteiger partial charge in [-0.05, 0) is 60.0 Å². The average molecular weight is 460 g/mol. The third kappa shape index (κ3) is 3.61. The van der Waals surface area contributed by atoms with Crippen LogP contribution in [0.3, 0.4) is 0 Å². The van der Waals surface area contributed by atoms with Gasteiger partial charge in [0.2, 0.25) is 0 Å². The number of aromatic nitrogens is 6. The smallest absolute Gasteiger partial charge is 0.194 e. The molecule has 0 spiro atoms. The Morgan fingerprint density at radius 2 is 1.80 bits per heavy atom. The van der Waals surface area contributed by atoms with E-state index in [0.717, 1.165) is 44.8 Å². The zero-order chi connectivity index (χ0) is 23.9. The van der Waals surface area contributed by atoms with Crippen molar-refractivity contribution in [3.8, 4) is 5.69 Å². The van der Waals surface area contributed by atoms with E-state index >= 15 is 0 Å². The number of hydrogen-bond acceptors (Lipinski definition) is 6. The summed E-state index contributed by atoms with van der Waals surface area (Å²) >= 11 is 0. The van der Waals surface area contributed by atoms with Gasteiger partial charge in [0.05, 0.1) is 28.5 Å². The summed E-state index contributed by atoms with van der Waals surface area (Å²) < 4.78 is 1.58. The second kappa shape index (κ2) is 8.18. The second-order valence-corrected chi connectivity index (χ2v) is 8.43. The minimum Gasteiger partial charge on any atom is -0.383 e. The quantitative estimate of drug-likeness (QED) is 0.373. The Hall–Kier alpha value is -4.85. The molecule has 4 heterocycles. The van der Waals surface area contributed by atoms with Gasteiger partial charge in [-0.15, -0.1) is 0 Å². The van der Waals surface area contributed by atoms with Crippen molar-refractivity contribution in [3.63, 3.8) is 0 Å². The van der Waals surface area contributed by atoms with Crippen LogP contribution < -0.4 is 5.73 Å². The van der Waals surface area contributed by atoms with Gasteiger partial charge in [-0.25, -0.2) is 9.67 Å². The molecule has 0 unspecified atom stereocenters. The van der Waals surface area contributed by atoms with Crippen LogP contribution in [-0.2, 0) is 0 Å². The van der Waals surface area contributed by atoms with Gasteiger partial charge in [-0.2, -0.15) is 5.10 Å². The molecule has 0 radical (unpaired) electrons. The van der Waals surface area contributed by atoms with Crippen LogP contribution in [-0.4, -0.2) is 35.5 Å². The molecule has 0 atom stereocenters. The molecule has 0 aliphatic heterocycles. The van der Waals surface area contributed by atoms with Gasteiger partial charge in [0.15, 0.2) is 5.78 Å². The molecular formula is C27H21N7O. The van der Waals surface area contributed by atoms with Crippen LogP contribution in [0.4, 0.5) is 5.82 Å². The molecule has 0 saturated heterocycles. The maximum Gasteiger partial charge on any atom is 0.194 e. The molecule has 170 valence electrons. The molecule has 5 aromatic rings. The number of ketones is 1. The van der Waals surface area contributed by atoms with E-state index in [1.54, 1.807) is 23.3 Å². The number of hydrogen-bond donors (Lipinski definition) is 2. The van der Waals surface area contributed by atoms with Crippen molar-refractivity contribution in [2.75, 3.05) is 5.73 Å². The minimum atomic E-state index is -0.146. The van der Waals surface area contributed by atoms with E-state index in [4.69, 9.17) is 5.73 Å². The highest BCUT2D eigenvalue weighted by atomic mass is 16.1. The number of nitrogens with two attached hydrogens (primary N) is 1. The van der Waals surface area contributed by atoms with E-state index in [0.29, 0.717) is 23.4 Å². The van der Waals surface area contributed by atoms with Gasteiger partial charge in [0.25, 0.3) is 0 Å². The molecule has 35 heavy (non-hydrogen) atoms. The van der Waals surface area contributed by atoms with Crippen LogP contribution in [0.15, 0.2) is 85.1 Å². The number of benzene rings is 1. The molecule has 4 aromatic heterocycles. The van der Waals surface area contributed by atoms with Crippen molar-refractivity contribution in [2.45, 2.75) is 13.3 Å². The van der Waals surface area contributed by atoms with Crippen LogP contribution in [0.2, 0.25) is 0 Å². The zero-order valence-corrected chi connectivity index (χ0v) is 18.9. The first kappa shape index (κ1) is 20.7. The largest absolute Gasteiger partial charge is 0.383 e. The number of pyridine rings is 2. The van der Waals surface area contributed by atoms with Crippen LogP contribution >= 0.6 is 0 Å². The number of nitrogens with zero attached hydrogens (tertiary/aromatic N) is 5. The van der Waals surface area contributed by atoms with E-state index in [1.165, 1.54) is 6.20 Å². The van der Waals surface area contributed by atoms with Gasteiger partial charge in [-0.1, -0.05) is 12.1 Å². The number of carbonyl (C=O) groups excluding carboxylic acids is 1. The van der Waals surface area contributed by atoms with E-state index in [-0.39, 0.29) is 5.78 Å². The predicted octanol–water partition coefficient (Wildman–Crippen LogP) is 4.55. The maximum atomic E-state index is 13.6. The van der Waals surface area contributed by atoms with Gasteiger partial charge in [-0.3, -0.25) is 14.8 Å². The number of H-pyrrole nitrogens is 1. The van der Waals surface area contributed by atoms with Crippen molar-refractivity contribution >= 4 is 33.8 Å². The number of aromatic amines is 1. The molecule has 3 N–H and O–H groups in total. The summed E-state index contributed by atoms with van der Waals surface area (Å²) in [5.41, 5.74) is 13.9. The number of aryl methyl sites for hydroxylation is 1. The second-order valence-electron chi connectivity index (χ2n) is 8.43. The van der Waals surface area contributed by atoms with E-state index in [2.05, 4.69) is 25.0 Å². The van der Waals surface area contributed by atoms with Crippen LogP contribution in [0.25, 0.3) is 27.9 Å². The molecule has 8 heteroatoms. The summed E-state index contributed by atoms with van der Waals surface area (Å²) in [6, 6.07) is 13.5. The molecule has 0 saturated carbocycles. The van der Waals surface area contributed by atoms with E-state index in [1.807, 2.05) is 61.7 Å². The molecule has 1 aromatic carbocycles. The highest BCUT2D eigenvalue weighted by molar-refractivity contribution is 6.17. The number of imidazole rings is 1. The van der Waals surface area contributed by atoms with E-state index in [9.17, 15) is 4.79 Å². The third-order valence-electron chi connectivity index (χ3n) is 6.16. The standard InChI is InChI=1S/C27H21N7O/c1-16-32-24-7-6-20(12-25(24)33-16)34-27(28)23(15-31-34)26(35)19-10-21(17-4-2-8-29-13-17)22(11-19)18-5-3-9-30-14-18/h2-10,12-15H,11,28H2,1H3,(H,32,33). The van der Waals surface area contributed by atoms with Crippen LogP contribution in [0.1, 0.15) is 33.7 Å². The zero-order valence-electron chi connectivity index (χ0n) is 18.9. The van der Waals surface area contributed by atoms with Gasteiger partial charge in [0, 0.05) is 42.3 Å². The van der Waals surface area contributed by atoms with Crippen molar-refractivity contribution < 1.29 is 4.79 Å². The number of nitrogens with one attached hydrogen (secondary N) is 1. The number of nitrogen functional groups attached to an aromatic ring is 1. The summed E-state index contributed by atoms with van der Waals surface area (Å²) in [4.78, 5) is 29.8. The average Bonchev–Trinajstić information content (AvgIpc) is 3.60. The van der Waals surface area contributed by atoms with E-state index < -0.39 is 0 Å². The first-order chi connectivity index (χ1) is 17.1. The number of Topliss-reactive ketones (excluding diaryl/α,β-unsaturated/α-hetero) is 1. The van der Waals surface area contributed by atoms with Crippen molar-refractivity contribution in [3.05, 3.63) is 108 Å². The fourth-order valence-corrected chi connectivity index (χ4v) is 4.49. The lowest BCUT2D eigenvalue weighted by Gasteiger charge is -2.08. The summed E-state index contributed by atoms with van der Waals surface area (Å²) in [6.07, 6.45) is 11.0. The van der Waals surface area contributed by atoms with Crippen molar-refractivity contribution in [1.29, 1.82) is 0 Å². The molecular weight excluding hydrogens is 438 g/mol. The fraction of sp³-hybridized carbons (Fsp3) is 0.0741. The Labute approximate surface area is 200 Å². The van der Waals surface area contributed by atoms with Gasteiger partial charge >= 0.3 is 0 Å². The number of allylic oxidation sites excluding steroid dienone is 4. The lowest BCUT2D eigenvalue weighted by atomic mass is 9.97. The predicted molar refractivity (Wildman–Crippen MR) is 135 cm³/mol. The maximum absolute atomic E-state index is 13.6. The Bertz CT molecular complexity index is 1640. The van der Waals surface area contributed by atoms with Crippen molar-refractivity contribution in [2.24, 2.45) is 0 Å². The minimum absolute atomic E-state index is 0.146. The SMILES string of the molecule is Cc1nc2ccc(-n3ncc(C(=O)C4=CC(c5cccnc5)=C(c5cccnc5)C4)c3N)cc2[nH]1. The molecule has 0 bridgehead atoms. The fourth-order valence-electron chi connectivity index (χ4n) is 4.49. The summed E-state index contributed by atoms with van der Waals surface area (Å²) in [5.74, 6) is 0.979. The lowest BCUT2D eigenvalue weighted by Crippen LogP contribution is -2.08. The summed E-state index contributed by atoms with van der Waals surface area (Å²) in [5, 5.41) is 4.42. The monoisotopic (exact) mass is 459 g/mol. The molecule has 6 rings (SSSR count). The van der Waals surface area contributed by atoms with Gasteiger partial charge < -0.3 is 10.7 Å². The first-order valence-electron chi connectivity index (χ1n) is 11.2. The van der Waals surface area contributed by atoms with Crippen LogP contribution in [0.5, 0.6) is 0 Å². The lowest BCUT2D eigenvalue weighted by molar-refractivity contribution is 0.103. The Morgan fingerprint density at radius 1 is 1.03 bits per heavy atom. The topological polar surface area (TPSA) is 115 Å². The van der Waals surface area contributed by atoms with Gasteiger partial charge in [0.1, 0.15) is 11.6 Å². The van der Waals surface area contributed by atoms with Crippen LogP contribution in [0, 0.1) is 6.92 Å². The first-order valence-corrected chi connectivity index (χ1v) is 11.2. The molecule has 0 fully saturated rings. The number of fused-ring (bicyclic) bond motifs is 1. The molecule has 1 aliphatic rings. The normalized spacial score (nSPS) is 13.5. The highest BCUT2D eigenvalue weighted by Gasteiger charge is 2.27. The van der Waals surface area contributed by atoms with Crippen molar-refractivity contribution in [1.82, 2.24) is 29.7 Å². The summed E-state index contributed by atoms with van der Waals surface area (Å²) in [6.45, 7) is 1.90. The third-order valence-corrected chi connectivity index (χ3v) is 6.16. The Balaban J connectivity index is 1.36. The molecule has 1 aliphatic carbocycles.